The summed E-state index contributed by atoms with van der Waals surface area (Å²) in [7, 11) is 0. The lowest BCUT2D eigenvalue weighted by Gasteiger charge is -2.30. The summed E-state index contributed by atoms with van der Waals surface area (Å²) < 4.78 is 0. The van der Waals surface area contributed by atoms with Crippen LogP contribution in [0.25, 0.3) is 0 Å². The monoisotopic (exact) mass is 266 g/mol. The van der Waals surface area contributed by atoms with Crippen LogP contribution in [0.15, 0.2) is 0 Å². The van der Waals surface area contributed by atoms with E-state index in [9.17, 15) is 4.79 Å². The van der Waals surface area contributed by atoms with Crippen LogP contribution in [-0.4, -0.2) is 29.1 Å². The Bertz CT molecular complexity index is 305. The Morgan fingerprint density at radius 3 is 2.58 bits per heavy atom. The molecule has 3 nitrogen and oxygen atoms in total. The molecule has 3 heteroatoms. The Kier molecular flexibility index (Phi) is 5.26. The fraction of sp³-hybridized carbons (Fsp3) is 0.938. The molecule has 0 spiro atoms. The largest absolute Gasteiger partial charge is 0.323 e. The van der Waals surface area contributed by atoms with Gasteiger partial charge in [-0.25, -0.2) is 0 Å². The zero-order valence-electron chi connectivity index (χ0n) is 12.8. The fourth-order valence-electron chi connectivity index (χ4n) is 3.69. The molecule has 1 N–H and O–H groups in total. The maximum absolute atomic E-state index is 12.7. The summed E-state index contributed by atoms with van der Waals surface area (Å²) in [6.45, 7) is 6.72. The topological polar surface area (TPSA) is 32.3 Å². The normalized spacial score (nSPS) is 35.3. The second-order valence-corrected chi connectivity index (χ2v) is 6.48. The van der Waals surface area contributed by atoms with E-state index < -0.39 is 0 Å². The first-order chi connectivity index (χ1) is 9.17. The van der Waals surface area contributed by atoms with Crippen LogP contribution in [0.2, 0.25) is 0 Å². The molecule has 0 aromatic rings. The van der Waals surface area contributed by atoms with Gasteiger partial charge in [-0.3, -0.25) is 10.1 Å². The second kappa shape index (κ2) is 6.74. The molecule has 1 saturated carbocycles. The number of hydrogen-bond donors (Lipinski definition) is 1. The highest BCUT2D eigenvalue weighted by molar-refractivity contribution is 5.84. The summed E-state index contributed by atoms with van der Waals surface area (Å²) >= 11 is 0. The first-order valence-corrected chi connectivity index (χ1v) is 8.25. The van der Waals surface area contributed by atoms with Gasteiger partial charge >= 0.3 is 0 Å². The average molecular weight is 266 g/mol. The van der Waals surface area contributed by atoms with Gasteiger partial charge in [-0.2, -0.15) is 0 Å². The number of nitrogens with one attached hydrogen (secondary N) is 1. The van der Waals surface area contributed by atoms with E-state index in [0.29, 0.717) is 18.1 Å². The molecule has 2 rings (SSSR count). The molecule has 4 atom stereocenters. The molecule has 110 valence electrons. The molecule has 0 aromatic heterocycles. The molecular formula is C16H30N2O. The maximum Gasteiger partial charge on any atom is 0.241 e. The van der Waals surface area contributed by atoms with Crippen molar-refractivity contribution in [1.29, 1.82) is 0 Å². The van der Waals surface area contributed by atoms with E-state index in [0.717, 1.165) is 31.6 Å². The molecule has 2 aliphatic rings. The second-order valence-electron chi connectivity index (χ2n) is 6.48. The zero-order valence-corrected chi connectivity index (χ0v) is 12.8. The molecule has 1 saturated heterocycles. The van der Waals surface area contributed by atoms with Gasteiger partial charge in [0.05, 0.1) is 12.2 Å². The van der Waals surface area contributed by atoms with Crippen molar-refractivity contribution in [3.63, 3.8) is 0 Å². The zero-order chi connectivity index (χ0) is 13.8. The van der Waals surface area contributed by atoms with Crippen molar-refractivity contribution in [3.05, 3.63) is 0 Å². The van der Waals surface area contributed by atoms with Crippen LogP contribution >= 0.6 is 0 Å². The summed E-state index contributed by atoms with van der Waals surface area (Å²) in [5.74, 6) is 1.17. The van der Waals surface area contributed by atoms with Gasteiger partial charge in [0.25, 0.3) is 0 Å². The maximum atomic E-state index is 12.7. The van der Waals surface area contributed by atoms with Gasteiger partial charge in [0, 0.05) is 6.04 Å². The molecule has 0 radical (unpaired) electrons. The van der Waals surface area contributed by atoms with Crippen LogP contribution in [0.4, 0.5) is 0 Å². The summed E-state index contributed by atoms with van der Waals surface area (Å²) in [6, 6.07) is 0.589. The lowest BCUT2D eigenvalue weighted by atomic mass is 10.1. The first-order valence-electron chi connectivity index (χ1n) is 8.25. The van der Waals surface area contributed by atoms with Gasteiger partial charge in [0.15, 0.2) is 0 Å². The summed E-state index contributed by atoms with van der Waals surface area (Å²) in [6.07, 6.45) is 9.56. The van der Waals surface area contributed by atoms with Gasteiger partial charge in [0.1, 0.15) is 0 Å². The molecule has 1 aliphatic carbocycles. The number of nitrogens with zero attached hydrogens (tertiary/aromatic N) is 1. The number of rotatable bonds is 6. The van der Waals surface area contributed by atoms with Crippen molar-refractivity contribution in [2.24, 2.45) is 5.92 Å². The van der Waals surface area contributed by atoms with Crippen LogP contribution in [0.1, 0.15) is 72.1 Å². The van der Waals surface area contributed by atoms with E-state index in [1.54, 1.807) is 0 Å². The van der Waals surface area contributed by atoms with Gasteiger partial charge in [-0.05, 0) is 38.0 Å². The Labute approximate surface area is 118 Å². The fourth-order valence-corrected chi connectivity index (χ4v) is 3.69. The van der Waals surface area contributed by atoms with Crippen LogP contribution in [-0.2, 0) is 4.79 Å². The van der Waals surface area contributed by atoms with Crippen LogP contribution in [0.5, 0.6) is 0 Å². The minimum Gasteiger partial charge on any atom is -0.323 e. The third-order valence-electron chi connectivity index (χ3n) is 4.75. The van der Waals surface area contributed by atoms with Crippen molar-refractivity contribution in [3.8, 4) is 0 Å². The molecule has 1 amide bonds. The van der Waals surface area contributed by atoms with Gasteiger partial charge in [-0.1, -0.05) is 40.0 Å². The number of carbonyl (C=O) groups is 1. The molecule has 1 aliphatic heterocycles. The van der Waals surface area contributed by atoms with Crippen molar-refractivity contribution in [2.75, 3.05) is 0 Å². The molecular weight excluding hydrogens is 236 g/mol. The molecule has 4 unspecified atom stereocenters. The minimum absolute atomic E-state index is 0.0902. The minimum atomic E-state index is 0.0902. The number of hydrogen-bond acceptors (Lipinski definition) is 2. The van der Waals surface area contributed by atoms with Gasteiger partial charge in [0.2, 0.25) is 5.91 Å². The van der Waals surface area contributed by atoms with Crippen molar-refractivity contribution in [1.82, 2.24) is 10.2 Å². The Morgan fingerprint density at radius 2 is 2.00 bits per heavy atom. The van der Waals surface area contributed by atoms with Crippen LogP contribution in [0.3, 0.4) is 0 Å². The predicted molar refractivity (Wildman–Crippen MR) is 78.8 cm³/mol. The standard InChI is InChI=1S/C16H30N2O/c1-4-6-8-14-16(19)18(15(17-14)7-5-2)13-10-9-12(3)11-13/h12-15,17H,4-11H2,1-3H3. The van der Waals surface area contributed by atoms with Crippen molar-refractivity contribution < 1.29 is 4.79 Å². The first kappa shape index (κ1) is 14.8. The lowest BCUT2D eigenvalue weighted by molar-refractivity contribution is -0.132. The van der Waals surface area contributed by atoms with Gasteiger partial charge < -0.3 is 4.90 Å². The summed E-state index contributed by atoms with van der Waals surface area (Å²) in [5.41, 5.74) is 0. The molecule has 0 bridgehead atoms. The molecule has 1 heterocycles. The van der Waals surface area contributed by atoms with Crippen molar-refractivity contribution in [2.45, 2.75) is 90.4 Å². The van der Waals surface area contributed by atoms with E-state index >= 15 is 0 Å². The lowest BCUT2D eigenvalue weighted by Crippen LogP contribution is -2.43. The van der Waals surface area contributed by atoms with E-state index in [1.165, 1.54) is 25.7 Å². The average Bonchev–Trinajstić information content (AvgIpc) is 2.92. The van der Waals surface area contributed by atoms with Crippen molar-refractivity contribution >= 4 is 5.91 Å². The van der Waals surface area contributed by atoms with Crippen LogP contribution in [0, 0.1) is 5.92 Å². The quantitative estimate of drug-likeness (QED) is 0.800. The van der Waals surface area contributed by atoms with E-state index in [-0.39, 0.29) is 6.04 Å². The molecule has 2 fully saturated rings. The van der Waals surface area contributed by atoms with E-state index in [4.69, 9.17) is 0 Å². The van der Waals surface area contributed by atoms with E-state index in [1.807, 2.05) is 0 Å². The summed E-state index contributed by atoms with van der Waals surface area (Å²) in [4.78, 5) is 14.9. The molecule has 19 heavy (non-hydrogen) atoms. The third-order valence-corrected chi connectivity index (χ3v) is 4.75. The number of amides is 1. The SMILES string of the molecule is CCCCC1NC(CCC)N(C2CCC(C)C2)C1=O. The highest BCUT2D eigenvalue weighted by Gasteiger charge is 2.42. The number of carbonyl (C=O) groups excluding carboxylic acids is 1. The Morgan fingerprint density at radius 1 is 1.21 bits per heavy atom. The highest BCUT2D eigenvalue weighted by Crippen LogP contribution is 2.33. The Hall–Kier alpha value is -0.570. The van der Waals surface area contributed by atoms with Gasteiger partial charge in [-0.15, -0.1) is 0 Å². The van der Waals surface area contributed by atoms with E-state index in [2.05, 4.69) is 31.0 Å². The highest BCUT2D eigenvalue weighted by atomic mass is 16.2. The Balaban J connectivity index is 2.02. The predicted octanol–water partition coefficient (Wildman–Crippen LogP) is 3.29. The third kappa shape index (κ3) is 3.31. The molecule has 0 aromatic carbocycles. The number of unbranched alkanes of at least 4 members (excludes halogenated alkanes) is 1. The summed E-state index contributed by atoms with van der Waals surface area (Å²) in [5, 5.41) is 3.59. The smallest absolute Gasteiger partial charge is 0.241 e. The van der Waals surface area contributed by atoms with Crippen LogP contribution < -0.4 is 5.32 Å².